The van der Waals surface area contributed by atoms with Gasteiger partial charge in [-0.05, 0) is 18.3 Å². The van der Waals surface area contributed by atoms with Gasteiger partial charge in [-0.25, -0.2) is 0 Å². The zero-order chi connectivity index (χ0) is 8.48. The molecule has 0 aromatic rings. The van der Waals surface area contributed by atoms with Crippen LogP contribution in [-0.4, -0.2) is 12.3 Å². The SMILES string of the molecule is CC[C@@H]1CC(C)CP(=O)(Cl)C1. The monoisotopic (exact) mass is 194 g/mol. The summed E-state index contributed by atoms with van der Waals surface area (Å²) in [6, 6.07) is 0. The van der Waals surface area contributed by atoms with Gasteiger partial charge in [0.25, 0.3) is 0 Å². The van der Waals surface area contributed by atoms with Gasteiger partial charge < -0.3 is 4.57 Å². The highest BCUT2D eigenvalue weighted by Crippen LogP contribution is 2.58. The summed E-state index contributed by atoms with van der Waals surface area (Å²) in [4.78, 5) is 0. The molecule has 0 aliphatic carbocycles. The van der Waals surface area contributed by atoms with E-state index in [4.69, 9.17) is 11.2 Å². The van der Waals surface area contributed by atoms with Gasteiger partial charge in [-0.15, -0.1) is 0 Å². The van der Waals surface area contributed by atoms with Crippen molar-refractivity contribution in [2.75, 3.05) is 12.3 Å². The first-order valence-corrected chi connectivity index (χ1v) is 7.29. The summed E-state index contributed by atoms with van der Waals surface area (Å²) in [7, 11) is 0. The molecule has 66 valence electrons. The maximum absolute atomic E-state index is 11.6. The van der Waals surface area contributed by atoms with E-state index in [-0.39, 0.29) is 0 Å². The molecule has 2 unspecified atom stereocenters. The molecular formula is C8H16ClOP. The second kappa shape index (κ2) is 3.49. The summed E-state index contributed by atoms with van der Waals surface area (Å²) in [6.07, 6.45) is 3.87. The van der Waals surface area contributed by atoms with Crippen molar-refractivity contribution in [2.24, 2.45) is 11.8 Å². The summed E-state index contributed by atoms with van der Waals surface area (Å²) < 4.78 is 11.6. The normalized spacial score (nSPS) is 45.7. The van der Waals surface area contributed by atoms with Crippen molar-refractivity contribution in [1.29, 1.82) is 0 Å². The average molecular weight is 195 g/mol. The van der Waals surface area contributed by atoms with Crippen LogP contribution in [0.25, 0.3) is 0 Å². The standard InChI is InChI=1S/C8H16ClOP/c1-3-8-4-7(2)5-11(9,10)6-8/h7-8H,3-6H2,1-2H3/t7?,8-,11?/m1/s1. The molecule has 1 aliphatic rings. The van der Waals surface area contributed by atoms with E-state index in [1.165, 1.54) is 6.42 Å². The van der Waals surface area contributed by atoms with E-state index in [0.29, 0.717) is 11.8 Å². The highest BCUT2D eigenvalue weighted by atomic mass is 35.7. The van der Waals surface area contributed by atoms with Crippen molar-refractivity contribution in [1.82, 2.24) is 0 Å². The molecule has 1 heterocycles. The molecule has 0 saturated carbocycles. The maximum Gasteiger partial charge on any atom is 0.170 e. The Kier molecular flexibility index (Phi) is 3.05. The van der Waals surface area contributed by atoms with E-state index in [0.717, 1.165) is 18.7 Å². The predicted molar refractivity (Wildman–Crippen MR) is 50.8 cm³/mol. The molecule has 0 aromatic carbocycles. The molecule has 1 aliphatic heterocycles. The topological polar surface area (TPSA) is 17.1 Å². The molecule has 0 N–H and O–H groups in total. The average Bonchev–Trinajstić information content (AvgIpc) is 1.83. The Bertz CT molecular complexity index is 181. The van der Waals surface area contributed by atoms with E-state index in [1.807, 2.05) is 0 Å². The molecular weight excluding hydrogens is 179 g/mol. The van der Waals surface area contributed by atoms with Crippen molar-refractivity contribution in [3.8, 4) is 0 Å². The summed E-state index contributed by atoms with van der Waals surface area (Å²) in [5.74, 6) is 1.18. The van der Waals surface area contributed by atoms with Gasteiger partial charge in [-0.1, -0.05) is 31.5 Å². The second-order valence-electron chi connectivity index (χ2n) is 3.77. The summed E-state index contributed by atoms with van der Waals surface area (Å²) in [5, 5.41) is 0. The Morgan fingerprint density at radius 3 is 2.64 bits per heavy atom. The summed E-state index contributed by atoms with van der Waals surface area (Å²) >= 11 is 5.90. The zero-order valence-electron chi connectivity index (χ0n) is 7.22. The lowest BCUT2D eigenvalue weighted by Gasteiger charge is -2.29. The van der Waals surface area contributed by atoms with Crippen molar-refractivity contribution < 1.29 is 4.57 Å². The number of hydrogen-bond acceptors (Lipinski definition) is 1. The second-order valence-corrected chi connectivity index (χ2v) is 7.93. The van der Waals surface area contributed by atoms with Gasteiger partial charge in [0.15, 0.2) is 6.49 Å². The lowest BCUT2D eigenvalue weighted by molar-refractivity contribution is 0.406. The fourth-order valence-electron chi connectivity index (χ4n) is 1.94. The molecule has 1 nitrogen and oxygen atoms in total. The highest BCUT2D eigenvalue weighted by Gasteiger charge is 2.31. The van der Waals surface area contributed by atoms with Crippen molar-refractivity contribution in [3.05, 3.63) is 0 Å². The number of halogens is 1. The molecule has 1 fully saturated rings. The van der Waals surface area contributed by atoms with Crippen LogP contribution in [0.2, 0.25) is 0 Å². The molecule has 0 spiro atoms. The van der Waals surface area contributed by atoms with Gasteiger partial charge in [0.05, 0.1) is 0 Å². The van der Waals surface area contributed by atoms with Crippen LogP contribution in [0.15, 0.2) is 0 Å². The van der Waals surface area contributed by atoms with Gasteiger partial charge >= 0.3 is 0 Å². The molecule has 0 radical (unpaired) electrons. The Morgan fingerprint density at radius 2 is 2.18 bits per heavy atom. The van der Waals surface area contributed by atoms with Gasteiger partial charge in [0, 0.05) is 12.3 Å². The van der Waals surface area contributed by atoms with E-state index in [9.17, 15) is 4.57 Å². The molecule has 3 heteroatoms. The van der Waals surface area contributed by atoms with Crippen LogP contribution < -0.4 is 0 Å². The Labute approximate surface area is 73.7 Å². The zero-order valence-corrected chi connectivity index (χ0v) is 8.87. The van der Waals surface area contributed by atoms with Crippen molar-refractivity contribution >= 4 is 17.7 Å². The minimum absolute atomic E-state index is 0.567. The van der Waals surface area contributed by atoms with Crippen LogP contribution in [0.4, 0.5) is 0 Å². The quantitative estimate of drug-likeness (QED) is 0.584. The smallest absolute Gasteiger partial charge is 0.170 e. The first-order chi connectivity index (χ1) is 5.03. The summed E-state index contributed by atoms with van der Waals surface area (Å²) in [5.41, 5.74) is 0. The summed E-state index contributed by atoms with van der Waals surface area (Å²) in [6.45, 7) is 2.06. The van der Waals surface area contributed by atoms with E-state index in [2.05, 4.69) is 13.8 Å². The third-order valence-corrected chi connectivity index (χ3v) is 5.49. The third-order valence-electron chi connectivity index (χ3n) is 2.43. The largest absolute Gasteiger partial charge is 0.307 e. The van der Waals surface area contributed by atoms with Crippen LogP contribution in [0, 0.1) is 11.8 Å². The van der Waals surface area contributed by atoms with Gasteiger partial charge in [0.2, 0.25) is 0 Å². The number of rotatable bonds is 1. The van der Waals surface area contributed by atoms with Crippen LogP contribution >= 0.6 is 17.7 Å². The molecule has 0 amide bonds. The molecule has 1 saturated heterocycles. The molecule has 0 aromatic heterocycles. The number of hydrogen-bond donors (Lipinski definition) is 0. The minimum Gasteiger partial charge on any atom is -0.307 e. The van der Waals surface area contributed by atoms with Crippen LogP contribution in [0.3, 0.4) is 0 Å². The lowest BCUT2D eigenvalue weighted by Crippen LogP contribution is -2.19. The molecule has 0 bridgehead atoms. The van der Waals surface area contributed by atoms with Crippen molar-refractivity contribution in [2.45, 2.75) is 26.7 Å². The van der Waals surface area contributed by atoms with Gasteiger partial charge in [-0.3, -0.25) is 0 Å². The predicted octanol–water partition coefficient (Wildman–Crippen LogP) is 3.57. The van der Waals surface area contributed by atoms with Gasteiger partial charge in [0.1, 0.15) is 0 Å². The molecule has 3 atom stereocenters. The fraction of sp³-hybridized carbons (Fsp3) is 1.00. The fourth-order valence-corrected chi connectivity index (χ4v) is 5.64. The van der Waals surface area contributed by atoms with Crippen LogP contribution in [-0.2, 0) is 4.57 Å². The molecule has 11 heavy (non-hydrogen) atoms. The Balaban J connectivity index is 2.58. The van der Waals surface area contributed by atoms with Gasteiger partial charge in [-0.2, -0.15) is 0 Å². The first-order valence-electron chi connectivity index (χ1n) is 4.31. The van der Waals surface area contributed by atoms with E-state index < -0.39 is 6.49 Å². The third kappa shape index (κ3) is 2.80. The molecule has 1 rings (SSSR count). The Morgan fingerprint density at radius 1 is 1.55 bits per heavy atom. The minimum atomic E-state index is -2.24. The Hall–Kier alpha value is 0.520. The van der Waals surface area contributed by atoms with Crippen molar-refractivity contribution in [3.63, 3.8) is 0 Å². The highest BCUT2D eigenvalue weighted by molar-refractivity contribution is 7.89. The lowest BCUT2D eigenvalue weighted by atomic mass is 9.96. The van der Waals surface area contributed by atoms with E-state index in [1.54, 1.807) is 0 Å². The van der Waals surface area contributed by atoms with Crippen LogP contribution in [0.5, 0.6) is 0 Å². The van der Waals surface area contributed by atoms with E-state index >= 15 is 0 Å². The van der Waals surface area contributed by atoms with Crippen LogP contribution in [0.1, 0.15) is 26.7 Å². The maximum atomic E-state index is 11.6. The first kappa shape index (κ1) is 9.61.